The topological polar surface area (TPSA) is 30.5 Å². The van der Waals surface area contributed by atoms with Gasteiger partial charge in [-0.25, -0.2) is 0 Å². The monoisotopic (exact) mass is 187 g/mol. The van der Waals surface area contributed by atoms with Crippen LogP contribution in [0.15, 0.2) is 0 Å². The number of hydrogen-bond donors (Lipinski definition) is 1. The lowest BCUT2D eigenvalue weighted by atomic mass is 10.1. The van der Waals surface area contributed by atoms with E-state index in [0.717, 1.165) is 13.2 Å². The van der Waals surface area contributed by atoms with Gasteiger partial charge in [-0.1, -0.05) is 20.3 Å². The maximum atomic E-state index is 5.61. The molecule has 0 aromatic carbocycles. The van der Waals surface area contributed by atoms with Crippen LogP contribution in [0.4, 0.5) is 0 Å². The molecule has 0 saturated carbocycles. The molecule has 0 amide bonds. The highest BCUT2D eigenvalue weighted by Crippen LogP contribution is 2.18. The fourth-order valence-electron chi connectivity index (χ4n) is 1.60. The van der Waals surface area contributed by atoms with Crippen molar-refractivity contribution < 1.29 is 9.47 Å². The lowest BCUT2D eigenvalue weighted by Gasteiger charge is -2.32. The molecule has 1 aliphatic heterocycles. The molecule has 1 rings (SSSR count). The van der Waals surface area contributed by atoms with Gasteiger partial charge in [-0.2, -0.15) is 0 Å². The Morgan fingerprint density at radius 3 is 2.46 bits per heavy atom. The first kappa shape index (κ1) is 11.0. The van der Waals surface area contributed by atoms with E-state index in [9.17, 15) is 0 Å². The van der Waals surface area contributed by atoms with Gasteiger partial charge in [0, 0.05) is 5.92 Å². The van der Waals surface area contributed by atoms with Crippen LogP contribution in [0.5, 0.6) is 0 Å². The Morgan fingerprint density at radius 1 is 1.38 bits per heavy atom. The Kier molecular flexibility index (Phi) is 4.70. The molecule has 3 heteroatoms. The Balaban J connectivity index is 2.23. The summed E-state index contributed by atoms with van der Waals surface area (Å²) >= 11 is 0. The molecule has 0 spiro atoms. The number of hydrogen-bond acceptors (Lipinski definition) is 3. The minimum absolute atomic E-state index is 0.0181. The lowest BCUT2D eigenvalue weighted by Crippen LogP contribution is -2.44. The van der Waals surface area contributed by atoms with Crippen molar-refractivity contribution in [2.24, 2.45) is 5.92 Å². The molecule has 0 unspecified atom stereocenters. The summed E-state index contributed by atoms with van der Waals surface area (Å²) in [7, 11) is 1.94. The second-order valence-corrected chi connectivity index (χ2v) is 3.79. The van der Waals surface area contributed by atoms with E-state index in [0.29, 0.717) is 12.0 Å². The Hall–Kier alpha value is -0.120. The smallest absolute Gasteiger partial charge is 0.160 e. The molecular weight excluding hydrogens is 166 g/mol. The van der Waals surface area contributed by atoms with E-state index in [1.807, 2.05) is 7.05 Å². The van der Waals surface area contributed by atoms with Crippen LogP contribution in [-0.2, 0) is 9.47 Å². The minimum atomic E-state index is 0.0181. The quantitative estimate of drug-likeness (QED) is 0.721. The summed E-state index contributed by atoms with van der Waals surface area (Å²) in [6.07, 6.45) is 2.39. The first-order valence-corrected chi connectivity index (χ1v) is 5.18. The van der Waals surface area contributed by atoms with E-state index in [-0.39, 0.29) is 6.29 Å². The molecule has 1 saturated heterocycles. The van der Waals surface area contributed by atoms with Crippen molar-refractivity contribution in [3.8, 4) is 0 Å². The Morgan fingerprint density at radius 2 is 2.00 bits per heavy atom. The molecule has 1 N–H and O–H groups in total. The van der Waals surface area contributed by atoms with Crippen molar-refractivity contribution in [1.29, 1.82) is 0 Å². The lowest BCUT2D eigenvalue weighted by molar-refractivity contribution is -0.212. The molecular formula is C10H21NO2. The molecule has 0 aliphatic carbocycles. The Bertz CT molecular complexity index is 133. The predicted octanol–water partition coefficient (Wildman–Crippen LogP) is 1.38. The number of ether oxygens (including phenoxy) is 2. The molecule has 0 radical (unpaired) electrons. The fourth-order valence-corrected chi connectivity index (χ4v) is 1.60. The highest BCUT2D eigenvalue weighted by Gasteiger charge is 2.24. The summed E-state index contributed by atoms with van der Waals surface area (Å²) < 4.78 is 11.2. The first-order valence-electron chi connectivity index (χ1n) is 5.18. The molecule has 0 aromatic heterocycles. The summed E-state index contributed by atoms with van der Waals surface area (Å²) in [6.45, 7) is 5.92. The van der Waals surface area contributed by atoms with Crippen molar-refractivity contribution in [2.45, 2.75) is 39.0 Å². The van der Waals surface area contributed by atoms with E-state index in [4.69, 9.17) is 9.47 Å². The molecule has 1 fully saturated rings. The SMILES string of the molecule is CCC[C@H](C)C1OCC(NC)CO1. The van der Waals surface area contributed by atoms with E-state index >= 15 is 0 Å². The van der Waals surface area contributed by atoms with Crippen LogP contribution in [-0.4, -0.2) is 32.6 Å². The number of likely N-dealkylation sites (N-methyl/N-ethyl adjacent to an activating group) is 1. The highest BCUT2D eigenvalue weighted by atomic mass is 16.7. The van der Waals surface area contributed by atoms with E-state index < -0.39 is 0 Å². The molecule has 3 nitrogen and oxygen atoms in total. The van der Waals surface area contributed by atoms with Crippen molar-refractivity contribution in [2.75, 3.05) is 20.3 Å². The van der Waals surface area contributed by atoms with Crippen molar-refractivity contribution in [3.05, 3.63) is 0 Å². The van der Waals surface area contributed by atoms with Gasteiger partial charge in [-0.15, -0.1) is 0 Å². The largest absolute Gasteiger partial charge is 0.351 e. The zero-order chi connectivity index (χ0) is 9.68. The van der Waals surface area contributed by atoms with E-state index in [2.05, 4.69) is 19.2 Å². The van der Waals surface area contributed by atoms with Gasteiger partial charge in [0.25, 0.3) is 0 Å². The summed E-state index contributed by atoms with van der Waals surface area (Å²) in [6, 6.07) is 0.366. The van der Waals surface area contributed by atoms with Gasteiger partial charge in [0.05, 0.1) is 19.3 Å². The van der Waals surface area contributed by atoms with Gasteiger partial charge in [0.2, 0.25) is 0 Å². The van der Waals surface area contributed by atoms with Crippen molar-refractivity contribution in [1.82, 2.24) is 5.32 Å². The Labute approximate surface area is 80.8 Å². The van der Waals surface area contributed by atoms with Gasteiger partial charge >= 0.3 is 0 Å². The molecule has 78 valence electrons. The zero-order valence-electron chi connectivity index (χ0n) is 8.88. The third-order valence-corrected chi connectivity index (χ3v) is 2.54. The van der Waals surface area contributed by atoms with Crippen molar-refractivity contribution in [3.63, 3.8) is 0 Å². The minimum Gasteiger partial charge on any atom is -0.351 e. The fraction of sp³-hybridized carbons (Fsp3) is 1.00. The van der Waals surface area contributed by atoms with Crippen molar-refractivity contribution >= 4 is 0 Å². The average molecular weight is 187 g/mol. The summed E-state index contributed by atoms with van der Waals surface area (Å²) in [5.41, 5.74) is 0. The van der Waals surface area contributed by atoms with Crippen LogP contribution in [0.2, 0.25) is 0 Å². The maximum Gasteiger partial charge on any atom is 0.160 e. The van der Waals surface area contributed by atoms with E-state index in [1.54, 1.807) is 0 Å². The van der Waals surface area contributed by atoms with Crippen LogP contribution in [0.1, 0.15) is 26.7 Å². The van der Waals surface area contributed by atoms with Crippen LogP contribution in [0.3, 0.4) is 0 Å². The van der Waals surface area contributed by atoms with E-state index in [1.165, 1.54) is 12.8 Å². The van der Waals surface area contributed by atoms with Gasteiger partial charge in [-0.05, 0) is 13.5 Å². The van der Waals surface area contributed by atoms with Gasteiger partial charge in [0.15, 0.2) is 6.29 Å². The molecule has 1 heterocycles. The highest BCUT2D eigenvalue weighted by molar-refractivity contribution is 4.69. The zero-order valence-corrected chi connectivity index (χ0v) is 8.88. The molecule has 0 bridgehead atoms. The van der Waals surface area contributed by atoms with Crippen LogP contribution >= 0.6 is 0 Å². The first-order chi connectivity index (χ1) is 6.27. The second kappa shape index (κ2) is 5.58. The molecule has 1 atom stereocenters. The molecule has 0 aromatic rings. The summed E-state index contributed by atoms with van der Waals surface area (Å²) in [4.78, 5) is 0. The van der Waals surface area contributed by atoms with Crippen LogP contribution < -0.4 is 5.32 Å². The van der Waals surface area contributed by atoms with Gasteiger partial charge in [-0.3, -0.25) is 0 Å². The van der Waals surface area contributed by atoms with Gasteiger partial charge in [0.1, 0.15) is 0 Å². The normalized spacial score (nSPS) is 31.6. The second-order valence-electron chi connectivity index (χ2n) is 3.79. The van der Waals surface area contributed by atoms with Gasteiger partial charge < -0.3 is 14.8 Å². The van der Waals surface area contributed by atoms with Crippen LogP contribution in [0, 0.1) is 5.92 Å². The molecule has 13 heavy (non-hydrogen) atoms. The van der Waals surface area contributed by atoms with Crippen LogP contribution in [0.25, 0.3) is 0 Å². The maximum absolute atomic E-state index is 5.61. The predicted molar refractivity (Wildman–Crippen MR) is 52.6 cm³/mol. The average Bonchev–Trinajstić information content (AvgIpc) is 2.18. The third-order valence-electron chi connectivity index (χ3n) is 2.54. The number of rotatable bonds is 4. The standard InChI is InChI=1S/C10H21NO2/c1-4-5-8(2)10-12-6-9(11-3)7-13-10/h8-11H,4-7H2,1-3H3/t8-,9?,10?/m0/s1. The summed E-state index contributed by atoms with van der Waals surface area (Å²) in [5, 5.41) is 3.15. The summed E-state index contributed by atoms with van der Waals surface area (Å²) in [5.74, 6) is 0.516. The molecule has 1 aliphatic rings. The third kappa shape index (κ3) is 3.25. The number of nitrogens with one attached hydrogen (secondary N) is 1.